The highest BCUT2D eigenvalue weighted by atomic mass is 32.2. The molecule has 2 N–H and O–H groups in total. The van der Waals surface area contributed by atoms with Gasteiger partial charge in [-0.2, -0.15) is 0 Å². The quantitative estimate of drug-likeness (QED) is 0.646. The molecule has 152 valence electrons. The van der Waals surface area contributed by atoms with Crippen LogP contribution in [0.2, 0.25) is 0 Å². The molecule has 2 heterocycles. The summed E-state index contributed by atoms with van der Waals surface area (Å²) in [4.78, 5) is 14.7. The highest BCUT2D eigenvalue weighted by molar-refractivity contribution is 7.89. The number of nitrogens with one attached hydrogen (secondary N) is 2. The summed E-state index contributed by atoms with van der Waals surface area (Å²) in [5.41, 5.74) is 2.90. The molecule has 29 heavy (non-hydrogen) atoms. The second-order valence-electron chi connectivity index (χ2n) is 7.12. The molecule has 6 nitrogen and oxygen atoms in total. The van der Waals surface area contributed by atoms with Crippen LogP contribution in [0.25, 0.3) is 5.00 Å². The normalized spacial score (nSPS) is 13.9. The van der Waals surface area contributed by atoms with Crippen molar-refractivity contribution < 1.29 is 13.2 Å². The minimum atomic E-state index is -3.60. The molecule has 0 atom stereocenters. The van der Waals surface area contributed by atoms with Crippen LogP contribution in [0.4, 0.5) is 5.69 Å². The highest BCUT2D eigenvalue weighted by Gasteiger charge is 2.26. The zero-order valence-electron chi connectivity index (χ0n) is 16.4. The standard InChI is InChI=1S/C21H23N3O3S2/c1-14-9-10-15(13-18(14)29(26,27)22-2)23-20(25)19-16-7-3-4-8-17(16)28-21(19)24-11-5-6-12-24/h5-6,9-13,22H,3-4,7-8H2,1-2H3,(H,23,25). The number of aryl methyl sites for hydroxylation is 2. The summed E-state index contributed by atoms with van der Waals surface area (Å²) in [5.74, 6) is -0.204. The van der Waals surface area contributed by atoms with Crippen LogP contribution in [-0.2, 0) is 22.9 Å². The van der Waals surface area contributed by atoms with E-state index in [0.717, 1.165) is 36.2 Å². The third-order valence-corrected chi connectivity index (χ3v) is 8.08. The summed E-state index contributed by atoms with van der Waals surface area (Å²) < 4.78 is 28.8. The Kier molecular flexibility index (Phi) is 5.33. The summed E-state index contributed by atoms with van der Waals surface area (Å²) in [7, 11) is -2.23. The van der Waals surface area contributed by atoms with Crippen LogP contribution in [-0.4, -0.2) is 25.9 Å². The molecule has 4 rings (SSSR count). The number of hydrogen-bond donors (Lipinski definition) is 2. The largest absolute Gasteiger partial charge is 0.322 e. The van der Waals surface area contributed by atoms with Crippen molar-refractivity contribution >= 4 is 33.0 Å². The number of thiophene rings is 1. The predicted molar refractivity (Wildman–Crippen MR) is 116 cm³/mol. The summed E-state index contributed by atoms with van der Waals surface area (Å²) >= 11 is 1.67. The Labute approximate surface area is 174 Å². The summed E-state index contributed by atoms with van der Waals surface area (Å²) in [5, 5.41) is 3.83. The second-order valence-corrected chi connectivity index (χ2v) is 10.1. The van der Waals surface area contributed by atoms with Crippen LogP contribution < -0.4 is 10.0 Å². The molecular weight excluding hydrogens is 406 g/mol. The van der Waals surface area contributed by atoms with Crippen LogP contribution in [0, 0.1) is 6.92 Å². The van der Waals surface area contributed by atoms with E-state index in [1.54, 1.807) is 30.4 Å². The third-order valence-electron chi connectivity index (χ3n) is 5.22. The van der Waals surface area contributed by atoms with Gasteiger partial charge in [0.2, 0.25) is 10.0 Å². The van der Waals surface area contributed by atoms with E-state index in [-0.39, 0.29) is 10.8 Å². The Bertz CT molecular complexity index is 1160. The first-order chi connectivity index (χ1) is 13.9. The lowest BCUT2D eigenvalue weighted by molar-refractivity contribution is 0.102. The average Bonchev–Trinajstić information content (AvgIpc) is 3.36. The predicted octanol–water partition coefficient (Wildman–Crippen LogP) is 3.89. The molecule has 1 aromatic carbocycles. The van der Waals surface area contributed by atoms with Gasteiger partial charge in [-0.3, -0.25) is 4.79 Å². The van der Waals surface area contributed by atoms with E-state index in [0.29, 0.717) is 16.8 Å². The molecule has 0 fully saturated rings. The molecule has 0 spiro atoms. The molecular formula is C21H23N3O3S2. The van der Waals surface area contributed by atoms with Crippen LogP contribution in [0.3, 0.4) is 0 Å². The van der Waals surface area contributed by atoms with Crippen LogP contribution in [0.1, 0.15) is 39.2 Å². The molecule has 0 aliphatic heterocycles. The fraction of sp³-hybridized carbons (Fsp3) is 0.286. The number of carbonyl (C=O) groups is 1. The maximum atomic E-state index is 13.3. The van der Waals surface area contributed by atoms with Crippen molar-refractivity contribution in [3.63, 3.8) is 0 Å². The maximum absolute atomic E-state index is 13.3. The Morgan fingerprint density at radius 1 is 1.14 bits per heavy atom. The first-order valence-corrected chi connectivity index (χ1v) is 11.8. The first-order valence-electron chi connectivity index (χ1n) is 9.54. The minimum Gasteiger partial charge on any atom is -0.322 e. The number of fused-ring (bicyclic) bond motifs is 1. The molecule has 0 unspecified atom stereocenters. The van der Waals surface area contributed by atoms with Gasteiger partial charge in [0.05, 0.1) is 10.5 Å². The first kappa shape index (κ1) is 19.9. The Balaban J connectivity index is 1.73. The van der Waals surface area contributed by atoms with Gasteiger partial charge in [0.1, 0.15) is 5.00 Å². The summed E-state index contributed by atoms with van der Waals surface area (Å²) in [6.07, 6.45) is 7.99. The average molecular weight is 430 g/mol. The SMILES string of the molecule is CNS(=O)(=O)c1cc(NC(=O)c2c(-n3cccc3)sc3c2CCCC3)ccc1C. The van der Waals surface area contributed by atoms with Crippen molar-refractivity contribution in [3.05, 3.63) is 64.3 Å². The number of hydrogen-bond acceptors (Lipinski definition) is 4. The molecule has 2 aromatic heterocycles. The van der Waals surface area contributed by atoms with Gasteiger partial charge in [-0.25, -0.2) is 13.1 Å². The number of amides is 1. The zero-order valence-corrected chi connectivity index (χ0v) is 18.0. The summed E-state index contributed by atoms with van der Waals surface area (Å²) in [6, 6.07) is 8.82. The third kappa shape index (κ3) is 3.75. The molecule has 0 saturated carbocycles. The molecule has 1 aliphatic rings. The number of sulfonamides is 1. The van der Waals surface area contributed by atoms with Crippen LogP contribution in [0.15, 0.2) is 47.6 Å². The van der Waals surface area contributed by atoms with Crippen molar-refractivity contribution in [2.24, 2.45) is 0 Å². The van der Waals surface area contributed by atoms with E-state index < -0.39 is 10.0 Å². The number of aromatic nitrogens is 1. The number of anilines is 1. The number of rotatable bonds is 5. The highest BCUT2D eigenvalue weighted by Crippen LogP contribution is 2.37. The minimum absolute atomic E-state index is 0.163. The van der Waals surface area contributed by atoms with Gasteiger partial charge in [0, 0.05) is 23.0 Å². The van der Waals surface area contributed by atoms with Gasteiger partial charge in [0.15, 0.2) is 0 Å². The molecule has 0 saturated heterocycles. The Morgan fingerprint density at radius 3 is 2.59 bits per heavy atom. The molecule has 8 heteroatoms. The number of carbonyl (C=O) groups excluding carboxylic acids is 1. The Hall–Kier alpha value is -2.42. The van der Waals surface area contributed by atoms with E-state index in [9.17, 15) is 13.2 Å². The Morgan fingerprint density at radius 2 is 1.86 bits per heavy atom. The van der Waals surface area contributed by atoms with Crippen LogP contribution >= 0.6 is 11.3 Å². The van der Waals surface area contributed by atoms with Gasteiger partial charge in [0.25, 0.3) is 5.91 Å². The number of nitrogens with zero attached hydrogens (tertiary/aromatic N) is 1. The smallest absolute Gasteiger partial charge is 0.258 e. The zero-order chi connectivity index (χ0) is 20.6. The van der Waals surface area contributed by atoms with Crippen molar-refractivity contribution in [2.45, 2.75) is 37.5 Å². The molecule has 1 aliphatic carbocycles. The number of benzene rings is 1. The second kappa shape index (κ2) is 7.78. The molecule has 3 aromatic rings. The van der Waals surface area contributed by atoms with Crippen molar-refractivity contribution in [1.82, 2.24) is 9.29 Å². The lowest BCUT2D eigenvalue weighted by Gasteiger charge is -2.14. The van der Waals surface area contributed by atoms with E-state index in [1.807, 2.05) is 29.1 Å². The topological polar surface area (TPSA) is 80.2 Å². The molecule has 0 radical (unpaired) electrons. The maximum Gasteiger partial charge on any atom is 0.258 e. The van der Waals surface area contributed by atoms with Gasteiger partial charge in [-0.1, -0.05) is 6.07 Å². The lowest BCUT2D eigenvalue weighted by Crippen LogP contribution is -2.20. The lowest BCUT2D eigenvalue weighted by atomic mass is 9.95. The molecule has 1 amide bonds. The van der Waals surface area contributed by atoms with Crippen molar-refractivity contribution in [2.75, 3.05) is 12.4 Å². The van der Waals surface area contributed by atoms with Crippen molar-refractivity contribution in [1.29, 1.82) is 0 Å². The van der Waals surface area contributed by atoms with E-state index >= 15 is 0 Å². The van der Waals surface area contributed by atoms with Gasteiger partial charge in [-0.15, -0.1) is 11.3 Å². The van der Waals surface area contributed by atoms with E-state index in [2.05, 4.69) is 10.0 Å². The monoisotopic (exact) mass is 429 g/mol. The van der Waals surface area contributed by atoms with Gasteiger partial charge in [-0.05, 0) is 75.0 Å². The molecule has 0 bridgehead atoms. The van der Waals surface area contributed by atoms with Crippen molar-refractivity contribution in [3.8, 4) is 5.00 Å². The van der Waals surface area contributed by atoms with E-state index in [4.69, 9.17) is 0 Å². The fourth-order valence-electron chi connectivity index (χ4n) is 3.71. The summed E-state index contributed by atoms with van der Waals surface area (Å²) in [6.45, 7) is 1.73. The van der Waals surface area contributed by atoms with E-state index in [1.165, 1.54) is 18.0 Å². The van der Waals surface area contributed by atoms with Gasteiger partial charge >= 0.3 is 0 Å². The van der Waals surface area contributed by atoms with Crippen LogP contribution in [0.5, 0.6) is 0 Å². The fourth-order valence-corrected chi connectivity index (χ4v) is 6.05. The van der Waals surface area contributed by atoms with Gasteiger partial charge < -0.3 is 9.88 Å².